The summed E-state index contributed by atoms with van der Waals surface area (Å²) in [7, 11) is 1.60. The molecule has 2 aromatic heterocycles. The number of nitrogens with zero attached hydrogens (tertiary/aromatic N) is 4. The lowest BCUT2D eigenvalue weighted by molar-refractivity contribution is 0.223. The van der Waals surface area contributed by atoms with Gasteiger partial charge in [-0.3, -0.25) is 4.98 Å². The highest BCUT2D eigenvalue weighted by atomic mass is 79.9. The number of pyridine rings is 1. The molecule has 0 amide bonds. The summed E-state index contributed by atoms with van der Waals surface area (Å²) in [6.45, 7) is 1.68. The minimum Gasteiger partial charge on any atom is -0.487 e. The molecule has 0 radical (unpaired) electrons. The first-order valence-electron chi connectivity index (χ1n) is 6.63. The Morgan fingerprint density at radius 2 is 2.29 bits per heavy atom. The van der Waals surface area contributed by atoms with E-state index in [2.05, 4.69) is 35.8 Å². The van der Waals surface area contributed by atoms with Gasteiger partial charge in [0.25, 0.3) is 0 Å². The molecule has 0 aromatic carbocycles. The highest BCUT2D eigenvalue weighted by molar-refractivity contribution is 9.10. The molecule has 0 N–H and O–H groups in total. The summed E-state index contributed by atoms with van der Waals surface area (Å²) in [5.41, 5.74) is 0. The molecule has 1 aliphatic heterocycles. The van der Waals surface area contributed by atoms with Gasteiger partial charge in [0.05, 0.1) is 18.1 Å². The van der Waals surface area contributed by atoms with E-state index in [-0.39, 0.29) is 6.10 Å². The normalized spacial score (nSPS) is 17.8. The second-order valence-corrected chi connectivity index (χ2v) is 5.55. The molecule has 2 aromatic rings. The molecule has 21 heavy (non-hydrogen) atoms. The highest BCUT2D eigenvalue weighted by Gasteiger charge is 2.25. The first kappa shape index (κ1) is 14.1. The highest BCUT2D eigenvalue weighted by Crippen LogP contribution is 2.27. The van der Waals surface area contributed by atoms with Crippen LogP contribution in [0.25, 0.3) is 0 Å². The molecular formula is C14H15BrN4O2. The molecule has 3 heterocycles. The zero-order chi connectivity index (χ0) is 14.7. The van der Waals surface area contributed by atoms with Crippen molar-refractivity contribution in [3.05, 3.63) is 35.3 Å². The van der Waals surface area contributed by atoms with Crippen LogP contribution >= 0.6 is 15.9 Å². The Labute approximate surface area is 131 Å². The molecule has 1 aliphatic rings. The first-order valence-corrected chi connectivity index (χ1v) is 7.42. The maximum Gasteiger partial charge on any atom is 0.218 e. The van der Waals surface area contributed by atoms with Crippen molar-refractivity contribution >= 4 is 21.7 Å². The Balaban J connectivity index is 1.66. The van der Waals surface area contributed by atoms with E-state index in [9.17, 15) is 0 Å². The summed E-state index contributed by atoms with van der Waals surface area (Å²) in [6, 6.07) is 3.70. The summed E-state index contributed by atoms with van der Waals surface area (Å²) in [5, 5.41) is 0. The van der Waals surface area contributed by atoms with E-state index in [0.29, 0.717) is 5.88 Å². The summed E-state index contributed by atoms with van der Waals surface area (Å²) in [6.07, 6.45) is 6.05. The van der Waals surface area contributed by atoms with E-state index in [1.165, 1.54) is 6.33 Å². The average molecular weight is 351 g/mol. The number of rotatable bonds is 4. The van der Waals surface area contributed by atoms with Crippen LogP contribution in [0.5, 0.6) is 11.6 Å². The predicted octanol–water partition coefficient (Wildman–Crippen LogP) is 2.30. The van der Waals surface area contributed by atoms with Crippen molar-refractivity contribution in [2.24, 2.45) is 0 Å². The van der Waals surface area contributed by atoms with Crippen LogP contribution in [-0.4, -0.2) is 41.3 Å². The fourth-order valence-electron chi connectivity index (χ4n) is 2.28. The molecule has 1 fully saturated rings. The van der Waals surface area contributed by atoms with Gasteiger partial charge < -0.3 is 14.4 Å². The van der Waals surface area contributed by atoms with Gasteiger partial charge >= 0.3 is 0 Å². The van der Waals surface area contributed by atoms with Gasteiger partial charge in [0, 0.05) is 31.4 Å². The smallest absolute Gasteiger partial charge is 0.218 e. The first-order chi connectivity index (χ1) is 10.3. The molecule has 0 aliphatic carbocycles. The molecule has 110 valence electrons. The second kappa shape index (κ2) is 6.26. The SMILES string of the molecule is COc1cc(N2CCC(Oc3ccncc3Br)C2)ncn1. The number of halogens is 1. The lowest BCUT2D eigenvalue weighted by Crippen LogP contribution is -2.25. The number of ether oxygens (including phenoxy) is 2. The van der Waals surface area contributed by atoms with Crippen LogP contribution in [0.15, 0.2) is 35.3 Å². The number of hydrogen-bond acceptors (Lipinski definition) is 6. The van der Waals surface area contributed by atoms with E-state index in [1.807, 2.05) is 12.1 Å². The maximum absolute atomic E-state index is 6.01. The van der Waals surface area contributed by atoms with Crippen LogP contribution in [0.4, 0.5) is 5.82 Å². The number of methoxy groups -OCH3 is 1. The van der Waals surface area contributed by atoms with E-state index >= 15 is 0 Å². The summed E-state index contributed by atoms with van der Waals surface area (Å²) in [5.74, 6) is 2.25. The minimum atomic E-state index is 0.129. The third-order valence-electron chi connectivity index (χ3n) is 3.33. The third kappa shape index (κ3) is 3.24. The quantitative estimate of drug-likeness (QED) is 0.843. The van der Waals surface area contributed by atoms with E-state index in [0.717, 1.165) is 35.6 Å². The standard InChI is InChI=1S/C14H15BrN4O2/c1-20-14-6-13(17-9-18-14)19-5-3-10(8-19)21-12-2-4-16-7-11(12)15/h2,4,6-7,9-10H,3,5,8H2,1H3. The molecule has 7 heteroatoms. The summed E-state index contributed by atoms with van der Waals surface area (Å²) >= 11 is 3.44. The Hall–Kier alpha value is -1.89. The van der Waals surface area contributed by atoms with Crippen LogP contribution in [-0.2, 0) is 0 Å². The lowest BCUT2D eigenvalue weighted by Gasteiger charge is -2.18. The van der Waals surface area contributed by atoms with Gasteiger partial charge in [-0.25, -0.2) is 9.97 Å². The molecule has 6 nitrogen and oxygen atoms in total. The Morgan fingerprint density at radius 1 is 1.38 bits per heavy atom. The van der Waals surface area contributed by atoms with Gasteiger partial charge in [-0.05, 0) is 22.0 Å². The topological polar surface area (TPSA) is 60.4 Å². The average Bonchev–Trinajstić information content (AvgIpc) is 2.98. The van der Waals surface area contributed by atoms with Crippen molar-refractivity contribution in [3.8, 4) is 11.6 Å². The molecule has 1 atom stereocenters. The second-order valence-electron chi connectivity index (χ2n) is 4.70. The molecule has 1 unspecified atom stereocenters. The summed E-state index contributed by atoms with van der Waals surface area (Å²) in [4.78, 5) is 14.5. The molecule has 1 saturated heterocycles. The van der Waals surface area contributed by atoms with Gasteiger partial charge in [-0.15, -0.1) is 0 Å². The molecule has 0 saturated carbocycles. The van der Waals surface area contributed by atoms with Gasteiger partial charge in [0.2, 0.25) is 5.88 Å². The monoisotopic (exact) mass is 350 g/mol. The van der Waals surface area contributed by atoms with E-state index in [4.69, 9.17) is 9.47 Å². The van der Waals surface area contributed by atoms with Gasteiger partial charge in [-0.2, -0.15) is 0 Å². The summed E-state index contributed by atoms with van der Waals surface area (Å²) < 4.78 is 12.0. The molecule has 0 spiro atoms. The van der Waals surface area contributed by atoms with Crippen molar-refractivity contribution in [3.63, 3.8) is 0 Å². The van der Waals surface area contributed by atoms with Crippen molar-refractivity contribution in [2.75, 3.05) is 25.1 Å². The van der Waals surface area contributed by atoms with Crippen LogP contribution in [0, 0.1) is 0 Å². The van der Waals surface area contributed by atoms with Crippen molar-refractivity contribution in [1.82, 2.24) is 15.0 Å². The zero-order valence-electron chi connectivity index (χ0n) is 11.6. The van der Waals surface area contributed by atoms with Crippen LogP contribution in [0.3, 0.4) is 0 Å². The number of aromatic nitrogens is 3. The van der Waals surface area contributed by atoms with Gasteiger partial charge in [0.15, 0.2) is 0 Å². The van der Waals surface area contributed by atoms with Gasteiger partial charge in [-0.1, -0.05) is 0 Å². The molecular weight excluding hydrogens is 336 g/mol. The van der Waals surface area contributed by atoms with Crippen molar-refractivity contribution in [1.29, 1.82) is 0 Å². The van der Waals surface area contributed by atoms with E-state index < -0.39 is 0 Å². The van der Waals surface area contributed by atoms with Crippen molar-refractivity contribution in [2.45, 2.75) is 12.5 Å². The van der Waals surface area contributed by atoms with E-state index in [1.54, 1.807) is 19.5 Å². The Bertz CT molecular complexity index is 625. The fourth-order valence-corrected chi connectivity index (χ4v) is 2.63. The minimum absolute atomic E-state index is 0.129. The van der Waals surface area contributed by atoms with Crippen LogP contribution in [0.2, 0.25) is 0 Å². The molecule has 0 bridgehead atoms. The van der Waals surface area contributed by atoms with Crippen molar-refractivity contribution < 1.29 is 9.47 Å². The number of hydrogen-bond donors (Lipinski definition) is 0. The maximum atomic E-state index is 6.01. The predicted molar refractivity (Wildman–Crippen MR) is 81.8 cm³/mol. The Morgan fingerprint density at radius 3 is 3.10 bits per heavy atom. The lowest BCUT2D eigenvalue weighted by atomic mass is 10.3. The third-order valence-corrected chi connectivity index (χ3v) is 3.93. The Kier molecular flexibility index (Phi) is 4.19. The van der Waals surface area contributed by atoms with Crippen LogP contribution in [0.1, 0.15) is 6.42 Å². The van der Waals surface area contributed by atoms with Crippen LogP contribution < -0.4 is 14.4 Å². The van der Waals surface area contributed by atoms with Gasteiger partial charge in [0.1, 0.15) is 24.0 Å². The molecule has 3 rings (SSSR count). The number of anilines is 1. The zero-order valence-corrected chi connectivity index (χ0v) is 13.2. The fraction of sp³-hybridized carbons (Fsp3) is 0.357. The largest absolute Gasteiger partial charge is 0.487 e.